The molecule has 25 heavy (non-hydrogen) atoms. The number of rotatable bonds is 4. The predicted molar refractivity (Wildman–Crippen MR) is 95.1 cm³/mol. The highest BCUT2D eigenvalue weighted by Gasteiger charge is 2.28. The number of aromatic nitrogens is 1. The number of piperidine rings is 1. The highest BCUT2D eigenvalue weighted by Crippen LogP contribution is 2.19. The van der Waals surface area contributed by atoms with Gasteiger partial charge in [-0.25, -0.2) is 0 Å². The zero-order valence-corrected chi connectivity index (χ0v) is 13.9. The molecule has 1 unspecified atom stereocenters. The Balaban J connectivity index is 1.60. The molecule has 3 rings (SSSR count). The van der Waals surface area contributed by atoms with E-state index < -0.39 is 0 Å². The minimum Gasteiger partial charge on any atom is -0.340 e. The summed E-state index contributed by atoms with van der Waals surface area (Å²) in [5.41, 5.74) is 0.554. The SMILES string of the molecule is O=C(Nc1ccccc1)C1CCCN(C(=O)Cn2ccccc2=O)C1. The van der Waals surface area contributed by atoms with Gasteiger partial charge < -0.3 is 14.8 Å². The lowest BCUT2D eigenvalue weighted by molar-refractivity contribution is -0.135. The van der Waals surface area contributed by atoms with Crippen molar-refractivity contribution in [3.8, 4) is 0 Å². The number of amides is 2. The third kappa shape index (κ3) is 4.35. The van der Waals surface area contributed by atoms with Crippen molar-refractivity contribution in [3.05, 3.63) is 65.1 Å². The van der Waals surface area contributed by atoms with E-state index in [2.05, 4.69) is 5.32 Å². The molecule has 1 fully saturated rings. The number of pyridine rings is 1. The standard InChI is InChI=1S/C19H21N3O3/c23-17-10-4-5-11-22(17)14-18(24)21-12-6-7-15(13-21)19(25)20-16-8-2-1-3-9-16/h1-5,8-11,15H,6-7,12-14H2,(H,20,25). The molecule has 0 bridgehead atoms. The van der Waals surface area contributed by atoms with Crippen molar-refractivity contribution in [1.29, 1.82) is 0 Å². The fourth-order valence-electron chi connectivity index (χ4n) is 3.02. The second-order valence-electron chi connectivity index (χ2n) is 6.20. The molecular weight excluding hydrogens is 318 g/mol. The molecular formula is C19H21N3O3. The second-order valence-corrected chi connectivity index (χ2v) is 6.20. The topological polar surface area (TPSA) is 71.4 Å². The van der Waals surface area contributed by atoms with Crippen molar-refractivity contribution in [3.63, 3.8) is 0 Å². The minimum atomic E-state index is -0.231. The molecule has 6 nitrogen and oxygen atoms in total. The summed E-state index contributed by atoms with van der Waals surface area (Å²) >= 11 is 0. The van der Waals surface area contributed by atoms with Crippen LogP contribution in [0.2, 0.25) is 0 Å². The summed E-state index contributed by atoms with van der Waals surface area (Å²) in [7, 11) is 0. The van der Waals surface area contributed by atoms with Crippen LogP contribution in [-0.2, 0) is 16.1 Å². The van der Waals surface area contributed by atoms with E-state index in [9.17, 15) is 14.4 Å². The number of para-hydroxylation sites is 1. The molecule has 1 aromatic carbocycles. The predicted octanol–water partition coefficient (Wildman–Crippen LogP) is 1.73. The van der Waals surface area contributed by atoms with Crippen LogP contribution >= 0.6 is 0 Å². The van der Waals surface area contributed by atoms with Crippen LogP contribution in [0.3, 0.4) is 0 Å². The van der Waals surface area contributed by atoms with Crippen LogP contribution in [0.15, 0.2) is 59.5 Å². The first-order valence-corrected chi connectivity index (χ1v) is 8.42. The molecule has 2 amide bonds. The molecule has 1 aliphatic rings. The van der Waals surface area contributed by atoms with Crippen molar-refractivity contribution < 1.29 is 9.59 Å². The van der Waals surface area contributed by atoms with Crippen LogP contribution in [0.5, 0.6) is 0 Å². The zero-order chi connectivity index (χ0) is 17.6. The van der Waals surface area contributed by atoms with Gasteiger partial charge in [-0.3, -0.25) is 14.4 Å². The van der Waals surface area contributed by atoms with E-state index in [1.165, 1.54) is 10.6 Å². The number of nitrogens with zero attached hydrogens (tertiary/aromatic N) is 2. The van der Waals surface area contributed by atoms with Crippen LogP contribution < -0.4 is 10.9 Å². The maximum absolute atomic E-state index is 12.5. The Morgan fingerprint density at radius 2 is 1.84 bits per heavy atom. The highest BCUT2D eigenvalue weighted by atomic mass is 16.2. The van der Waals surface area contributed by atoms with Crippen molar-refractivity contribution in [2.24, 2.45) is 5.92 Å². The maximum atomic E-state index is 12.5. The zero-order valence-electron chi connectivity index (χ0n) is 13.9. The molecule has 0 saturated carbocycles. The van der Waals surface area contributed by atoms with Gasteiger partial charge in [0.15, 0.2) is 0 Å². The molecule has 0 spiro atoms. The summed E-state index contributed by atoms with van der Waals surface area (Å²) in [5, 5.41) is 2.90. The van der Waals surface area contributed by atoms with E-state index in [4.69, 9.17) is 0 Å². The monoisotopic (exact) mass is 339 g/mol. The third-order valence-electron chi connectivity index (χ3n) is 4.39. The lowest BCUT2D eigenvalue weighted by atomic mass is 9.97. The number of carbonyl (C=O) groups excluding carboxylic acids is 2. The van der Waals surface area contributed by atoms with E-state index in [1.807, 2.05) is 30.3 Å². The van der Waals surface area contributed by atoms with Gasteiger partial charge in [-0.15, -0.1) is 0 Å². The molecule has 2 aromatic rings. The molecule has 1 atom stereocenters. The molecule has 1 aliphatic heterocycles. The lowest BCUT2D eigenvalue weighted by Crippen LogP contribution is -2.45. The Morgan fingerprint density at radius 1 is 1.08 bits per heavy atom. The average molecular weight is 339 g/mol. The van der Waals surface area contributed by atoms with Crippen LogP contribution in [0.4, 0.5) is 5.69 Å². The summed E-state index contributed by atoms with van der Waals surface area (Å²) in [6, 6.07) is 14.1. The minimum absolute atomic E-state index is 0.00664. The summed E-state index contributed by atoms with van der Waals surface area (Å²) in [4.78, 5) is 38.3. The Kier molecular flexibility index (Phi) is 5.28. The van der Waals surface area contributed by atoms with Gasteiger partial charge in [0, 0.05) is 31.0 Å². The molecule has 1 saturated heterocycles. The third-order valence-corrected chi connectivity index (χ3v) is 4.39. The van der Waals surface area contributed by atoms with Gasteiger partial charge in [-0.1, -0.05) is 24.3 Å². The summed E-state index contributed by atoms with van der Waals surface area (Å²) in [6.07, 6.45) is 3.14. The van der Waals surface area contributed by atoms with E-state index in [1.54, 1.807) is 23.2 Å². The quantitative estimate of drug-likeness (QED) is 0.922. The Hall–Kier alpha value is -2.89. The number of hydrogen-bond donors (Lipinski definition) is 1. The largest absolute Gasteiger partial charge is 0.340 e. The van der Waals surface area contributed by atoms with Gasteiger partial charge in [0.25, 0.3) is 5.56 Å². The number of nitrogens with one attached hydrogen (secondary N) is 1. The molecule has 0 radical (unpaired) electrons. The van der Waals surface area contributed by atoms with Gasteiger partial charge in [0.1, 0.15) is 6.54 Å². The van der Waals surface area contributed by atoms with E-state index in [0.29, 0.717) is 13.1 Å². The van der Waals surface area contributed by atoms with E-state index >= 15 is 0 Å². The van der Waals surface area contributed by atoms with Crippen LogP contribution in [0.1, 0.15) is 12.8 Å². The van der Waals surface area contributed by atoms with Crippen LogP contribution in [-0.4, -0.2) is 34.4 Å². The molecule has 6 heteroatoms. The first-order chi connectivity index (χ1) is 12.1. The summed E-state index contributed by atoms with van der Waals surface area (Å²) in [6.45, 7) is 1.02. The number of anilines is 1. The smallest absolute Gasteiger partial charge is 0.250 e. The van der Waals surface area contributed by atoms with Crippen molar-refractivity contribution in [2.75, 3.05) is 18.4 Å². The second kappa shape index (κ2) is 7.79. The number of hydrogen-bond acceptors (Lipinski definition) is 3. The van der Waals surface area contributed by atoms with E-state index in [-0.39, 0.29) is 29.8 Å². The van der Waals surface area contributed by atoms with Crippen LogP contribution in [0, 0.1) is 5.92 Å². The number of likely N-dealkylation sites (tertiary alicyclic amines) is 1. The Morgan fingerprint density at radius 3 is 2.60 bits per heavy atom. The molecule has 2 heterocycles. The van der Waals surface area contributed by atoms with Gasteiger partial charge in [-0.2, -0.15) is 0 Å². The van der Waals surface area contributed by atoms with Crippen molar-refractivity contribution in [1.82, 2.24) is 9.47 Å². The first kappa shape index (κ1) is 17.0. The lowest BCUT2D eigenvalue weighted by Gasteiger charge is -2.32. The summed E-state index contributed by atoms with van der Waals surface area (Å²) in [5.74, 6) is -0.434. The fourth-order valence-corrected chi connectivity index (χ4v) is 3.02. The van der Waals surface area contributed by atoms with Gasteiger partial charge >= 0.3 is 0 Å². The average Bonchev–Trinajstić information content (AvgIpc) is 2.64. The van der Waals surface area contributed by atoms with Crippen molar-refractivity contribution >= 4 is 17.5 Å². The normalized spacial score (nSPS) is 17.1. The van der Waals surface area contributed by atoms with Crippen molar-refractivity contribution in [2.45, 2.75) is 19.4 Å². The van der Waals surface area contributed by atoms with E-state index in [0.717, 1.165) is 18.5 Å². The highest BCUT2D eigenvalue weighted by molar-refractivity contribution is 5.93. The van der Waals surface area contributed by atoms with Gasteiger partial charge in [-0.05, 0) is 31.0 Å². The molecule has 0 aliphatic carbocycles. The first-order valence-electron chi connectivity index (χ1n) is 8.42. The van der Waals surface area contributed by atoms with Crippen LogP contribution in [0.25, 0.3) is 0 Å². The van der Waals surface area contributed by atoms with Gasteiger partial charge in [0.05, 0.1) is 5.92 Å². The Labute approximate surface area is 146 Å². The summed E-state index contributed by atoms with van der Waals surface area (Å²) < 4.78 is 1.38. The van der Waals surface area contributed by atoms with Gasteiger partial charge in [0.2, 0.25) is 11.8 Å². The fraction of sp³-hybridized carbons (Fsp3) is 0.316. The Bertz CT molecular complexity index is 801. The molecule has 1 N–H and O–H groups in total. The number of benzene rings is 1. The maximum Gasteiger partial charge on any atom is 0.250 e. The number of carbonyl (C=O) groups is 2. The molecule has 1 aromatic heterocycles. The molecule has 130 valence electrons.